The van der Waals surface area contributed by atoms with E-state index < -0.39 is 0 Å². The molecule has 2 atom stereocenters. The average Bonchev–Trinajstić information content (AvgIpc) is 2.93. The van der Waals surface area contributed by atoms with Crippen LogP contribution in [0.15, 0.2) is 11.6 Å². The normalized spacial score (nSPS) is 24.9. The number of amides is 1. The first-order valence-corrected chi connectivity index (χ1v) is 8.42. The van der Waals surface area contributed by atoms with Crippen LogP contribution in [0.25, 0.3) is 0 Å². The number of nitrogens with zero attached hydrogens (tertiary/aromatic N) is 1. The molecule has 1 rings (SSSR count). The summed E-state index contributed by atoms with van der Waals surface area (Å²) in [7, 11) is 0. The minimum absolute atomic E-state index is 0.280. The lowest BCUT2D eigenvalue weighted by molar-refractivity contribution is -0.141. The van der Waals surface area contributed by atoms with E-state index in [0.29, 0.717) is 17.4 Å². The van der Waals surface area contributed by atoms with E-state index in [-0.39, 0.29) is 11.3 Å². The maximum atomic E-state index is 12.6. The summed E-state index contributed by atoms with van der Waals surface area (Å²) in [6, 6.07) is 0.291. The van der Waals surface area contributed by atoms with Crippen LogP contribution < -0.4 is 0 Å². The zero-order valence-electron chi connectivity index (χ0n) is 15.4. The molecule has 0 saturated heterocycles. The van der Waals surface area contributed by atoms with Crippen LogP contribution in [0.2, 0.25) is 0 Å². The van der Waals surface area contributed by atoms with Crippen molar-refractivity contribution in [3.63, 3.8) is 0 Å². The average molecular weight is 293 g/mol. The van der Waals surface area contributed by atoms with Gasteiger partial charge in [0.15, 0.2) is 0 Å². The van der Waals surface area contributed by atoms with E-state index in [2.05, 4.69) is 45.6 Å². The molecule has 0 aromatic carbocycles. The summed E-state index contributed by atoms with van der Waals surface area (Å²) in [6.07, 6.45) is 6.02. The Kier molecular flexibility index (Phi) is 5.69. The first-order chi connectivity index (χ1) is 9.47. The number of hydrogen-bond donors (Lipinski definition) is 0. The van der Waals surface area contributed by atoms with Crippen LogP contribution in [0.4, 0.5) is 0 Å². The van der Waals surface area contributed by atoms with Gasteiger partial charge in [0, 0.05) is 18.0 Å². The van der Waals surface area contributed by atoms with Gasteiger partial charge in [-0.15, -0.1) is 0 Å². The highest BCUT2D eigenvalue weighted by atomic mass is 16.2. The first kappa shape index (κ1) is 18.3. The Balaban J connectivity index is 2.59. The van der Waals surface area contributed by atoms with E-state index in [1.165, 1.54) is 24.8 Å². The molecule has 0 spiro atoms. The summed E-state index contributed by atoms with van der Waals surface area (Å²) in [6.45, 7) is 18.0. The molecular formula is C19H35NO. The van der Waals surface area contributed by atoms with Crippen molar-refractivity contribution in [2.75, 3.05) is 6.54 Å². The predicted octanol–water partition coefficient (Wildman–Crippen LogP) is 5.04. The molecule has 0 aromatic rings. The van der Waals surface area contributed by atoms with E-state index in [0.717, 1.165) is 6.54 Å². The van der Waals surface area contributed by atoms with Gasteiger partial charge < -0.3 is 4.90 Å². The molecule has 0 bridgehead atoms. The highest BCUT2D eigenvalue weighted by Gasteiger charge is 2.50. The van der Waals surface area contributed by atoms with Crippen molar-refractivity contribution in [3.05, 3.63) is 11.6 Å². The van der Waals surface area contributed by atoms with Crippen molar-refractivity contribution >= 4 is 5.91 Å². The van der Waals surface area contributed by atoms with Crippen molar-refractivity contribution in [3.8, 4) is 0 Å². The van der Waals surface area contributed by atoms with Crippen molar-refractivity contribution in [1.82, 2.24) is 4.90 Å². The molecule has 0 radical (unpaired) electrons. The Labute approximate surface area is 132 Å². The van der Waals surface area contributed by atoms with Crippen molar-refractivity contribution in [1.29, 1.82) is 0 Å². The fourth-order valence-corrected chi connectivity index (χ4v) is 2.98. The third-order valence-corrected chi connectivity index (χ3v) is 4.75. The SMILES string of the molecule is CC(C)=CCCC1(C)CC1CN(C(=O)C(C)(C)C)C(C)C. The summed E-state index contributed by atoms with van der Waals surface area (Å²) >= 11 is 0. The molecule has 0 aliphatic heterocycles. The Morgan fingerprint density at radius 2 is 1.90 bits per heavy atom. The molecule has 2 heteroatoms. The topological polar surface area (TPSA) is 20.3 Å². The van der Waals surface area contributed by atoms with Crippen LogP contribution in [0.5, 0.6) is 0 Å². The Morgan fingerprint density at radius 1 is 1.33 bits per heavy atom. The zero-order chi connectivity index (χ0) is 16.4. The van der Waals surface area contributed by atoms with Crippen LogP contribution in [0.3, 0.4) is 0 Å². The zero-order valence-corrected chi connectivity index (χ0v) is 15.4. The maximum absolute atomic E-state index is 12.6. The molecule has 1 aliphatic carbocycles. The third kappa shape index (κ3) is 5.16. The highest BCUT2D eigenvalue weighted by molar-refractivity contribution is 5.81. The lowest BCUT2D eigenvalue weighted by Gasteiger charge is -2.33. The molecule has 1 amide bonds. The minimum Gasteiger partial charge on any atom is -0.340 e. The molecule has 1 fully saturated rings. The Morgan fingerprint density at radius 3 is 2.33 bits per heavy atom. The maximum Gasteiger partial charge on any atom is 0.228 e. The molecular weight excluding hydrogens is 258 g/mol. The molecule has 1 saturated carbocycles. The summed E-state index contributed by atoms with van der Waals surface area (Å²) in [5, 5.41) is 0. The largest absolute Gasteiger partial charge is 0.340 e. The van der Waals surface area contributed by atoms with Crippen LogP contribution in [0.1, 0.15) is 74.7 Å². The van der Waals surface area contributed by atoms with Crippen molar-refractivity contribution in [2.24, 2.45) is 16.7 Å². The van der Waals surface area contributed by atoms with Gasteiger partial charge in [-0.25, -0.2) is 0 Å². The van der Waals surface area contributed by atoms with E-state index in [4.69, 9.17) is 0 Å². The van der Waals surface area contributed by atoms with Gasteiger partial charge in [-0.3, -0.25) is 4.79 Å². The summed E-state index contributed by atoms with van der Waals surface area (Å²) in [5.41, 5.74) is 1.57. The first-order valence-electron chi connectivity index (χ1n) is 8.42. The van der Waals surface area contributed by atoms with E-state index >= 15 is 0 Å². The summed E-state index contributed by atoms with van der Waals surface area (Å²) in [4.78, 5) is 14.7. The van der Waals surface area contributed by atoms with Gasteiger partial charge in [-0.05, 0) is 58.3 Å². The molecule has 0 heterocycles. The standard InChI is InChI=1S/C19H35NO/c1-14(2)10-9-11-19(8)12-16(19)13-20(15(3)4)17(21)18(5,6)7/h10,15-16H,9,11-13H2,1-8H3. The Bertz CT molecular complexity index is 398. The molecule has 0 aromatic heterocycles. The van der Waals surface area contributed by atoms with Crippen LogP contribution in [0, 0.1) is 16.7 Å². The van der Waals surface area contributed by atoms with Gasteiger partial charge in [0.25, 0.3) is 0 Å². The molecule has 21 heavy (non-hydrogen) atoms. The van der Waals surface area contributed by atoms with Crippen molar-refractivity contribution in [2.45, 2.75) is 80.7 Å². The number of hydrogen-bond acceptors (Lipinski definition) is 1. The molecule has 2 nitrogen and oxygen atoms in total. The van der Waals surface area contributed by atoms with Crippen molar-refractivity contribution < 1.29 is 4.79 Å². The lowest BCUT2D eigenvalue weighted by atomic mass is 9.93. The van der Waals surface area contributed by atoms with E-state index in [9.17, 15) is 4.79 Å². The van der Waals surface area contributed by atoms with Crippen LogP contribution in [-0.4, -0.2) is 23.4 Å². The molecule has 2 unspecified atom stereocenters. The predicted molar refractivity (Wildman–Crippen MR) is 91.2 cm³/mol. The molecule has 0 N–H and O–H groups in total. The van der Waals surface area contributed by atoms with Gasteiger partial charge in [0.1, 0.15) is 0 Å². The number of rotatable bonds is 6. The molecule has 1 aliphatic rings. The van der Waals surface area contributed by atoms with E-state index in [1.807, 2.05) is 20.8 Å². The third-order valence-electron chi connectivity index (χ3n) is 4.75. The smallest absolute Gasteiger partial charge is 0.228 e. The van der Waals surface area contributed by atoms with Crippen LogP contribution >= 0.6 is 0 Å². The van der Waals surface area contributed by atoms with Gasteiger partial charge in [-0.2, -0.15) is 0 Å². The van der Waals surface area contributed by atoms with Gasteiger partial charge in [0.2, 0.25) is 5.91 Å². The second kappa shape index (κ2) is 6.54. The summed E-state index contributed by atoms with van der Waals surface area (Å²) in [5.74, 6) is 0.966. The fourth-order valence-electron chi connectivity index (χ4n) is 2.98. The monoisotopic (exact) mass is 293 g/mol. The van der Waals surface area contributed by atoms with E-state index in [1.54, 1.807) is 0 Å². The van der Waals surface area contributed by atoms with Gasteiger partial charge >= 0.3 is 0 Å². The summed E-state index contributed by atoms with van der Waals surface area (Å²) < 4.78 is 0. The van der Waals surface area contributed by atoms with Gasteiger partial charge in [0.05, 0.1) is 0 Å². The second-order valence-electron chi connectivity index (χ2n) is 8.68. The Hall–Kier alpha value is -0.790. The molecule has 122 valence electrons. The minimum atomic E-state index is -0.280. The fraction of sp³-hybridized carbons (Fsp3) is 0.842. The quantitative estimate of drug-likeness (QED) is 0.628. The van der Waals surface area contributed by atoms with Gasteiger partial charge in [-0.1, -0.05) is 39.3 Å². The number of carbonyl (C=O) groups excluding carboxylic acids is 1. The number of carbonyl (C=O) groups is 1. The highest BCUT2D eigenvalue weighted by Crippen LogP contribution is 2.56. The number of allylic oxidation sites excluding steroid dienone is 2. The second-order valence-corrected chi connectivity index (χ2v) is 8.68. The lowest BCUT2D eigenvalue weighted by Crippen LogP contribution is -2.45. The van der Waals surface area contributed by atoms with Crippen LogP contribution in [-0.2, 0) is 4.79 Å².